The van der Waals surface area contributed by atoms with Gasteiger partial charge in [-0.1, -0.05) is 0 Å². The molecule has 2 aromatic carbocycles. The smallest absolute Gasteiger partial charge is 0.341 e. The summed E-state index contributed by atoms with van der Waals surface area (Å²) < 4.78 is 16.1. The van der Waals surface area contributed by atoms with Gasteiger partial charge in [0.05, 0.1) is 23.2 Å². The highest BCUT2D eigenvalue weighted by molar-refractivity contribution is 9.10. The third-order valence-corrected chi connectivity index (χ3v) is 4.59. The normalized spacial score (nSPS) is 10.7. The molecule has 0 aliphatic rings. The van der Waals surface area contributed by atoms with Crippen LogP contribution < -0.4 is 14.8 Å². The molecule has 0 heterocycles. The molecule has 0 atom stereocenters. The largest absolute Gasteiger partial charge is 0.490 e. The first-order valence-electron chi connectivity index (χ1n) is 9.80. The molecule has 10 heteroatoms. The molecule has 1 amide bonds. The molecule has 0 saturated carbocycles. The van der Waals surface area contributed by atoms with Gasteiger partial charge in [0, 0.05) is 5.69 Å². The van der Waals surface area contributed by atoms with Crippen LogP contribution in [0.4, 0.5) is 5.69 Å². The number of benzene rings is 2. The Kier molecular flexibility index (Phi) is 9.45. The Morgan fingerprint density at radius 2 is 1.82 bits per heavy atom. The van der Waals surface area contributed by atoms with Gasteiger partial charge in [0.25, 0.3) is 5.91 Å². The van der Waals surface area contributed by atoms with E-state index in [2.05, 4.69) is 21.2 Å². The third kappa shape index (κ3) is 7.36. The molecule has 0 fully saturated rings. The molecule has 2 rings (SSSR count). The summed E-state index contributed by atoms with van der Waals surface area (Å²) in [7, 11) is 0. The van der Waals surface area contributed by atoms with Gasteiger partial charge < -0.3 is 24.6 Å². The number of amides is 1. The molecule has 0 unspecified atom stereocenters. The van der Waals surface area contributed by atoms with Gasteiger partial charge in [-0.15, -0.1) is 0 Å². The van der Waals surface area contributed by atoms with Gasteiger partial charge >= 0.3 is 11.9 Å². The molecule has 0 radical (unpaired) electrons. The summed E-state index contributed by atoms with van der Waals surface area (Å²) in [4.78, 5) is 35.1. The molecule has 0 spiro atoms. The minimum atomic E-state index is -1.15. The van der Waals surface area contributed by atoms with E-state index in [1.54, 1.807) is 19.9 Å². The van der Waals surface area contributed by atoms with Crippen molar-refractivity contribution in [2.24, 2.45) is 0 Å². The number of rotatable bonds is 10. The van der Waals surface area contributed by atoms with E-state index in [1.165, 1.54) is 36.4 Å². The van der Waals surface area contributed by atoms with Gasteiger partial charge in [-0.2, -0.15) is 5.26 Å². The Morgan fingerprint density at radius 3 is 2.39 bits per heavy atom. The van der Waals surface area contributed by atoms with Crippen molar-refractivity contribution in [2.45, 2.75) is 13.8 Å². The Hall–Kier alpha value is -3.84. The maximum Gasteiger partial charge on any atom is 0.341 e. The van der Waals surface area contributed by atoms with Gasteiger partial charge in [0.1, 0.15) is 11.6 Å². The summed E-state index contributed by atoms with van der Waals surface area (Å²) in [6, 6.07) is 11.0. The first-order valence-corrected chi connectivity index (χ1v) is 10.6. The van der Waals surface area contributed by atoms with E-state index in [4.69, 9.17) is 19.3 Å². The number of nitriles is 1. The lowest BCUT2D eigenvalue weighted by atomic mass is 10.1. The van der Waals surface area contributed by atoms with Crippen molar-refractivity contribution in [3.8, 4) is 17.6 Å². The summed E-state index contributed by atoms with van der Waals surface area (Å²) in [5, 5.41) is 20.9. The van der Waals surface area contributed by atoms with Crippen molar-refractivity contribution in [1.82, 2.24) is 0 Å². The zero-order valence-corrected chi connectivity index (χ0v) is 19.5. The number of nitrogens with zero attached hydrogens (tertiary/aromatic N) is 1. The van der Waals surface area contributed by atoms with Gasteiger partial charge in [-0.25, -0.2) is 9.59 Å². The number of carboxylic acid groups (broad SMARTS) is 1. The van der Waals surface area contributed by atoms with Crippen LogP contribution in [-0.4, -0.2) is 42.8 Å². The van der Waals surface area contributed by atoms with Crippen molar-refractivity contribution in [3.63, 3.8) is 0 Å². The Morgan fingerprint density at radius 1 is 1.12 bits per heavy atom. The quantitative estimate of drug-likeness (QED) is 0.274. The van der Waals surface area contributed by atoms with Crippen molar-refractivity contribution >= 4 is 45.5 Å². The predicted molar refractivity (Wildman–Crippen MR) is 123 cm³/mol. The third-order valence-electron chi connectivity index (χ3n) is 4.00. The molecule has 9 nitrogen and oxygen atoms in total. The summed E-state index contributed by atoms with van der Waals surface area (Å²) in [5.74, 6) is -1.82. The fraction of sp³-hybridized carbons (Fsp3) is 0.217. The fourth-order valence-corrected chi connectivity index (χ4v) is 3.20. The SMILES string of the molecule is CCOC(=O)c1ccc(NC(=O)/C(C#N)=C/c2cc(Br)c(OCC(=O)O)c(OCC)c2)cc1. The number of carbonyl (C=O) groups is 3. The van der Waals surface area contributed by atoms with E-state index in [0.29, 0.717) is 21.3 Å². The minimum Gasteiger partial charge on any atom is -0.490 e. The van der Waals surface area contributed by atoms with E-state index < -0.39 is 24.5 Å². The van der Waals surface area contributed by atoms with Crippen LogP contribution in [0.1, 0.15) is 29.8 Å². The maximum absolute atomic E-state index is 12.6. The molecule has 0 bridgehead atoms. The lowest BCUT2D eigenvalue weighted by Gasteiger charge is -2.13. The van der Waals surface area contributed by atoms with Crippen LogP contribution >= 0.6 is 15.9 Å². The second-order valence-electron chi connectivity index (χ2n) is 6.37. The van der Waals surface area contributed by atoms with Crippen LogP contribution in [0.15, 0.2) is 46.4 Å². The first kappa shape index (κ1) is 25.4. The van der Waals surface area contributed by atoms with Crippen LogP contribution in [0, 0.1) is 11.3 Å². The minimum absolute atomic E-state index is 0.182. The van der Waals surface area contributed by atoms with Gasteiger partial charge in [-0.3, -0.25) is 4.79 Å². The van der Waals surface area contributed by atoms with Crippen LogP contribution in [0.25, 0.3) is 6.08 Å². The number of halogens is 1. The van der Waals surface area contributed by atoms with Crippen molar-refractivity contribution in [2.75, 3.05) is 25.1 Å². The van der Waals surface area contributed by atoms with E-state index in [0.717, 1.165) is 0 Å². The predicted octanol–water partition coefficient (Wildman–Crippen LogP) is 4.03. The standard InChI is InChI=1S/C23H21BrN2O7/c1-3-31-19-11-14(10-18(24)21(19)33-13-20(27)28)9-16(12-25)22(29)26-17-7-5-15(6-8-17)23(30)32-4-2/h5-11H,3-4,13H2,1-2H3,(H,26,29)(H,27,28)/b16-9+. The number of hydrogen-bond donors (Lipinski definition) is 2. The average molecular weight is 517 g/mol. The van der Waals surface area contributed by atoms with Crippen molar-refractivity contribution in [3.05, 3.63) is 57.6 Å². The Labute approximate surface area is 198 Å². The summed E-state index contributed by atoms with van der Waals surface area (Å²) in [5.41, 5.74) is 1.00. The van der Waals surface area contributed by atoms with Crippen molar-refractivity contribution < 1.29 is 33.7 Å². The zero-order valence-electron chi connectivity index (χ0n) is 17.9. The monoisotopic (exact) mass is 516 g/mol. The Balaban J connectivity index is 2.25. The van der Waals surface area contributed by atoms with Crippen LogP contribution in [-0.2, 0) is 14.3 Å². The average Bonchev–Trinajstić information content (AvgIpc) is 2.77. The molecule has 0 aliphatic heterocycles. The number of carbonyl (C=O) groups excluding carboxylic acids is 2. The van der Waals surface area contributed by atoms with E-state index in [9.17, 15) is 19.6 Å². The number of nitrogens with one attached hydrogen (secondary N) is 1. The molecule has 0 aromatic heterocycles. The van der Waals surface area contributed by atoms with Crippen LogP contribution in [0.2, 0.25) is 0 Å². The van der Waals surface area contributed by atoms with Crippen molar-refractivity contribution in [1.29, 1.82) is 5.26 Å². The number of aliphatic carboxylic acids is 1. The lowest BCUT2D eigenvalue weighted by molar-refractivity contribution is -0.139. The highest BCUT2D eigenvalue weighted by atomic mass is 79.9. The molecule has 0 saturated heterocycles. The summed E-state index contributed by atoms with van der Waals surface area (Å²) in [6.07, 6.45) is 1.36. The number of hydrogen-bond acceptors (Lipinski definition) is 7. The molecule has 172 valence electrons. The van der Waals surface area contributed by atoms with E-state index >= 15 is 0 Å². The molecule has 2 N–H and O–H groups in total. The van der Waals surface area contributed by atoms with Gasteiger partial charge in [-0.05, 0) is 77.8 Å². The highest BCUT2D eigenvalue weighted by Crippen LogP contribution is 2.37. The fourth-order valence-electron chi connectivity index (χ4n) is 2.63. The molecular formula is C23H21BrN2O7. The number of carboxylic acids is 1. The molecule has 33 heavy (non-hydrogen) atoms. The lowest BCUT2D eigenvalue weighted by Crippen LogP contribution is -2.14. The van der Waals surface area contributed by atoms with Crippen LogP contribution in [0.3, 0.4) is 0 Å². The molecular weight excluding hydrogens is 496 g/mol. The zero-order chi connectivity index (χ0) is 24.4. The summed E-state index contributed by atoms with van der Waals surface area (Å²) in [6.45, 7) is 3.43. The molecule has 0 aliphatic carbocycles. The van der Waals surface area contributed by atoms with Crippen LogP contribution in [0.5, 0.6) is 11.5 Å². The highest BCUT2D eigenvalue weighted by Gasteiger charge is 2.16. The maximum atomic E-state index is 12.6. The second-order valence-corrected chi connectivity index (χ2v) is 7.22. The number of ether oxygens (including phenoxy) is 3. The van der Waals surface area contributed by atoms with Gasteiger partial charge in [0.2, 0.25) is 0 Å². The van der Waals surface area contributed by atoms with Gasteiger partial charge in [0.15, 0.2) is 18.1 Å². The van der Waals surface area contributed by atoms with E-state index in [1.807, 2.05) is 6.07 Å². The van der Waals surface area contributed by atoms with E-state index in [-0.39, 0.29) is 30.3 Å². The summed E-state index contributed by atoms with van der Waals surface area (Å²) >= 11 is 3.30. The number of anilines is 1. The number of esters is 1. The topological polar surface area (TPSA) is 135 Å². The molecule has 2 aromatic rings. The first-order chi connectivity index (χ1) is 15.8. The second kappa shape index (κ2) is 12.3. The Bertz CT molecular complexity index is 1110.